The predicted octanol–water partition coefficient (Wildman–Crippen LogP) is 5.37. The van der Waals surface area contributed by atoms with Gasteiger partial charge in [-0.1, -0.05) is 40.2 Å². The van der Waals surface area contributed by atoms with Crippen LogP contribution >= 0.6 is 15.9 Å². The minimum Gasteiger partial charge on any atom is -0.378 e. The summed E-state index contributed by atoms with van der Waals surface area (Å²) in [5.41, 5.74) is 1.68. The van der Waals surface area contributed by atoms with E-state index in [4.69, 9.17) is 0 Å². The van der Waals surface area contributed by atoms with Crippen LogP contribution < -0.4 is 10.0 Å². The molecule has 1 atom stereocenters. The lowest BCUT2D eigenvalue weighted by Gasteiger charge is -2.20. The Bertz CT molecular complexity index is 1500. The summed E-state index contributed by atoms with van der Waals surface area (Å²) in [5.74, 6) is -0.177. The van der Waals surface area contributed by atoms with Crippen LogP contribution in [0.3, 0.4) is 0 Å². The van der Waals surface area contributed by atoms with Gasteiger partial charge < -0.3 is 5.32 Å². The van der Waals surface area contributed by atoms with Gasteiger partial charge in [-0.2, -0.15) is 0 Å². The number of benzene rings is 3. The Hall–Kier alpha value is -4.16. The van der Waals surface area contributed by atoms with Gasteiger partial charge in [0.15, 0.2) is 5.78 Å². The number of Topliss-reactive ketones (excluding diaryl/α,β-unsaturated/α-hetero) is 1. The fraction of sp³-hybridized carbons (Fsp3) is 0.0800. The van der Waals surface area contributed by atoms with E-state index < -0.39 is 21.0 Å². The van der Waals surface area contributed by atoms with Crippen molar-refractivity contribution in [2.45, 2.75) is 17.4 Å². The van der Waals surface area contributed by atoms with Crippen molar-refractivity contribution in [3.8, 4) is 0 Å². The molecule has 0 radical (unpaired) electrons. The van der Waals surface area contributed by atoms with Gasteiger partial charge in [0.1, 0.15) is 0 Å². The summed E-state index contributed by atoms with van der Waals surface area (Å²) in [6.07, 6.45) is 2.91. The topological polar surface area (TPSA) is 144 Å². The number of nitro groups is 1. The van der Waals surface area contributed by atoms with Crippen molar-refractivity contribution in [2.75, 3.05) is 10.0 Å². The summed E-state index contributed by atoms with van der Waals surface area (Å²) >= 11 is 3.35. The molecule has 0 spiro atoms. The quantitative estimate of drug-likeness (QED) is 0.144. The zero-order valence-corrected chi connectivity index (χ0v) is 21.5. The monoisotopic (exact) mass is 581 g/mol. The molecule has 0 aliphatic heterocycles. The number of sulfonamides is 1. The summed E-state index contributed by atoms with van der Waals surface area (Å²) in [6.45, 7) is 0. The highest BCUT2D eigenvalue weighted by Gasteiger charge is 2.20. The SMILES string of the molecule is O=C(CC(Nc1ccc(S(=O)(=O)Nc2ncccn2)cc1)c1ccc([N+](=O)[O-])cc1)c1ccc(Br)cc1. The molecule has 1 heterocycles. The highest BCUT2D eigenvalue weighted by atomic mass is 79.9. The average Bonchev–Trinajstić information content (AvgIpc) is 2.89. The summed E-state index contributed by atoms with van der Waals surface area (Å²) in [4.78, 5) is 31.3. The number of halogens is 1. The number of ketones is 1. The van der Waals surface area contributed by atoms with Crippen molar-refractivity contribution in [2.24, 2.45) is 0 Å². The standard InChI is InChI=1S/C25H20BrN5O5S/c26-19-6-2-18(3-7-19)24(32)16-23(17-4-10-21(11-5-17)31(33)34)29-20-8-12-22(13-9-20)37(35,36)30-25-27-14-1-15-28-25/h1-15,23,29H,16H2,(H,27,28,30). The van der Waals surface area contributed by atoms with Crippen LogP contribution in [0.1, 0.15) is 28.4 Å². The number of non-ortho nitro benzene ring substituents is 1. The number of carbonyl (C=O) groups is 1. The summed E-state index contributed by atoms with van der Waals surface area (Å²) in [7, 11) is -3.91. The Morgan fingerprint density at radius 1 is 0.946 bits per heavy atom. The van der Waals surface area contributed by atoms with E-state index >= 15 is 0 Å². The summed E-state index contributed by atoms with van der Waals surface area (Å²) in [5, 5.41) is 14.3. The summed E-state index contributed by atoms with van der Waals surface area (Å²) < 4.78 is 28.5. The van der Waals surface area contributed by atoms with E-state index in [1.165, 1.54) is 36.7 Å². The molecule has 0 bridgehead atoms. The number of nitrogens with zero attached hydrogens (tertiary/aromatic N) is 3. The van der Waals surface area contributed by atoms with Gasteiger partial charge in [0.25, 0.3) is 15.7 Å². The molecule has 4 rings (SSSR count). The maximum absolute atomic E-state index is 13.0. The molecule has 0 saturated heterocycles. The molecule has 1 aromatic heterocycles. The van der Waals surface area contributed by atoms with Gasteiger partial charge in [-0.25, -0.2) is 23.1 Å². The Balaban J connectivity index is 1.56. The van der Waals surface area contributed by atoms with Crippen LogP contribution in [0.15, 0.2) is 101 Å². The Morgan fingerprint density at radius 3 is 2.16 bits per heavy atom. The summed E-state index contributed by atoms with van der Waals surface area (Å²) in [6, 6.07) is 19.9. The lowest BCUT2D eigenvalue weighted by molar-refractivity contribution is -0.384. The van der Waals surface area contributed by atoms with E-state index in [9.17, 15) is 23.3 Å². The second kappa shape index (κ2) is 11.3. The van der Waals surface area contributed by atoms with Gasteiger partial charge in [-0.15, -0.1) is 0 Å². The minimum atomic E-state index is -3.91. The van der Waals surface area contributed by atoms with Crippen LogP contribution in [0.2, 0.25) is 0 Å². The lowest BCUT2D eigenvalue weighted by Crippen LogP contribution is -2.17. The molecule has 4 aromatic rings. The zero-order valence-electron chi connectivity index (χ0n) is 19.1. The van der Waals surface area contributed by atoms with Gasteiger partial charge in [0.2, 0.25) is 5.95 Å². The molecule has 0 aliphatic rings. The third-order valence-corrected chi connectivity index (χ3v) is 7.23. The first kappa shape index (κ1) is 25.9. The average molecular weight is 582 g/mol. The first-order valence-electron chi connectivity index (χ1n) is 10.9. The van der Waals surface area contributed by atoms with Gasteiger partial charge >= 0.3 is 0 Å². The minimum absolute atomic E-state index is 0.00308. The van der Waals surface area contributed by atoms with Crippen molar-refractivity contribution in [3.63, 3.8) is 0 Å². The molecule has 2 N–H and O–H groups in total. The van der Waals surface area contributed by atoms with Gasteiger partial charge in [-0.3, -0.25) is 14.9 Å². The second-order valence-corrected chi connectivity index (χ2v) is 10.5. The Labute approximate surface area is 221 Å². The fourth-order valence-corrected chi connectivity index (χ4v) is 4.70. The van der Waals surface area contributed by atoms with Crippen LogP contribution in [0.4, 0.5) is 17.3 Å². The first-order chi connectivity index (χ1) is 17.7. The van der Waals surface area contributed by atoms with Crippen LogP contribution in [0.25, 0.3) is 0 Å². The number of hydrogen-bond acceptors (Lipinski definition) is 8. The fourth-order valence-electron chi connectivity index (χ4n) is 3.48. The third-order valence-electron chi connectivity index (χ3n) is 5.36. The largest absolute Gasteiger partial charge is 0.378 e. The van der Waals surface area contributed by atoms with Crippen molar-refractivity contribution in [1.29, 1.82) is 0 Å². The molecule has 0 saturated carbocycles. The highest BCUT2D eigenvalue weighted by molar-refractivity contribution is 9.10. The number of hydrogen-bond donors (Lipinski definition) is 2. The van der Waals surface area contributed by atoms with E-state index in [0.29, 0.717) is 16.8 Å². The molecule has 1 unspecified atom stereocenters. The third kappa shape index (κ3) is 6.74. The maximum Gasteiger partial charge on any atom is 0.269 e. The first-order valence-corrected chi connectivity index (χ1v) is 13.2. The Morgan fingerprint density at radius 2 is 1.57 bits per heavy atom. The van der Waals surface area contributed by atoms with Crippen molar-refractivity contribution in [3.05, 3.63) is 117 Å². The Kier molecular flexibility index (Phi) is 7.89. The van der Waals surface area contributed by atoms with Crippen molar-refractivity contribution >= 4 is 49.1 Å². The maximum atomic E-state index is 13.0. The molecular formula is C25H20BrN5O5S. The number of carbonyl (C=O) groups excluding carboxylic acids is 1. The van der Waals surface area contributed by atoms with Crippen LogP contribution in [-0.4, -0.2) is 29.1 Å². The van der Waals surface area contributed by atoms with E-state index in [0.717, 1.165) is 4.47 Å². The number of rotatable bonds is 10. The molecule has 188 valence electrons. The van der Waals surface area contributed by atoms with E-state index in [1.54, 1.807) is 54.6 Å². The molecule has 10 nitrogen and oxygen atoms in total. The molecule has 0 amide bonds. The normalized spacial score (nSPS) is 11.9. The number of anilines is 2. The van der Waals surface area contributed by atoms with Crippen LogP contribution in [0.5, 0.6) is 0 Å². The van der Waals surface area contributed by atoms with Crippen LogP contribution in [0, 0.1) is 10.1 Å². The lowest BCUT2D eigenvalue weighted by atomic mass is 9.97. The van der Waals surface area contributed by atoms with Crippen molar-refractivity contribution < 1.29 is 18.1 Å². The molecule has 3 aromatic carbocycles. The predicted molar refractivity (Wildman–Crippen MR) is 142 cm³/mol. The number of nitrogens with one attached hydrogen (secondary N) is 2. The molecule has 0 fully saturated rings. The highest BCUT2D eigenvalue weighted by Crippen LogP contribution is 2.27. The zero-order chi connectivity index (χ0) is 26.4. The number of aromatic nitrogens is 2. The molecule has 0 aliphatic carbocycles. The van der Waals surface area contributed by atoms with Gasteiger partial charge in [-0.05, 0) is 48.0 Å². The van der Waals surface area contributed by atoms with E-state index in [2.05, 4.69) is 35.9 Å². The second-order valence-electron chi connectivity index (χ2n) is 7.88. The number of nitro benzene ring substituents is 1. The van der Waals surface area contributed by atoms with Gasteiger partial charge in [0, 0.05) is 46.7 Å². The molecular weight excluding hydrogens is 562 g/mol. The molecule has 12 heteroatoms. The van der Waals surface area contributed by atoms with Crippen LogP contribution in [-0.2, 0) is 10.0 Å². The molecule has 37 heavy (non-hydrogen) atoms. The van der Waals surface area contributed by atoms with E-state index in [-0.39, 0.29) is 28.7 Å². The van der Waals surface area contributed by atoms with E-state index in [1.807, 2.05) is 0 Å². The van der Waals surface area contributed by atoms with Gasteiger partial charge in [0.05, 0.1) is 15.9 Å². The van der Waals surface area contributed by atoms with Crippen molar-refractivity contribution in [1.82, 2.24) is 9.97 Å². The smallest absolute Gasteiger partial charge is 0.269 e.